The van der Waals surface area contributed by atoms with Crippen LogP contribution in [-0.2, 0) is 6.42 Å². The molecule has 3 rings (SSSR count). The first-order chi connectivity index (χ1) is 8.72. The number of rotatable bonds is 2. The maximum Gasteiger partial charge on any atom is 0.324 e. The Hall–Kier alpha value is -1.19. The molecule has 0 bridgehead atoms. The van der Waals surface area contributed by atoms with Crippen LogP contribution in [0.25, 0.3) is 0 Å². The van der Waals surface area contributed by atoms with Crippen molar-refractivity contribution in [1.82, 2.24) is 0 Å². The minimum Gasteiger partial charge on any atom is -0.446 e. The minimum atomic E-state index is -0.265. The van der Waals surface area contributed by atoms with Crippen molar-refractivity contribution in [3.05, 3.63) is 53.6 Å². The normalized spacial score (nSPS) is 13.8. The molecule has 18 heavy (non-hydrogen) atoms. The van der Waals surface area contributed by atoms with Crippen LogP contribution in [0.15, 0.2) is 52.3 Å². The van der Waals surface area contributed by atoms with Gasteiger partial charge in [-0.25, -0.2) is 0 Å². The summed E-state index contributed by atoms with van der Waals surface area (Å²) < 4.78 is 0. The molecule has 1 heterocycles. The van der Waals surface area contributed by atoms with E-state index < -0.39 is 0 Å². The minimum absolute atomic E-state index is 0.265. The third-order valence-electron chi connectivity index (χ3n) is 3.42. The predicted molar refractivity (Wildman–Crippen MR) is 77.9 cm³/mol. The summed E-state index contributed by atoms with van der Waals surface area (Å²) >= 11 is 1.75. The Morgan fingerprint density at radius 3 is 2.56 bits per heavy atom. The summed E-state index contributed by atoms with van der Waals surface area (Å²) in [5, 5.41) is 9.90. The van der Waals surface area contributed by atoms with E-state index in [0.717, 1.165) is 18.2 Å². The number of aryl methyl sites for hydroxylation is 2. The summed E-state index contributed by atoms with van der Waals surface area (Å²) in [6.45, 7) is 1.83. The Kier molecular flexibility index (Phi) is 3.19. The van der Waals surface area contributed by atoms with Gasteiger partial charge in [0, 0.05) is 9.79 Å². The largest absolute Gasteiger partial charge is 0.446 e. The lowest BCUT2D eigenvalue weighted by Gasteiger charge is -2.06. The topological polar surface area (TPSA) is 20.2 Å². The SMILES string of the molecule is Cc1ccc(Sc2ccc3c(c2)B(O)CC3)cc1. The van der Waals surface area contributed by atoms with Crippen LogP contribution in [0, 0.1) is 6.92 Å². The zero-order valence-electron chi connectivity index (χ0n) is 10.4. The van der Waals surface area contributed by atoms with Crippen molar-refractivity contribution in [2.45, 2.75) is 29.5 Å². The third-order valence-corrected chi connectivity index (χ3v) is 4.42. The van der Waals surface area contributed by atoms with Crippen LogP contribution in [0.4, 0.5) is 0 Å². The molecule has 2 aromatic rings. The fourth-order valence-corrected chi connectivity index (χ4v) is 3.23. The standard InChI is InChI=1S/C15H15BOS/c1-11-2-5-13(6-3-11)18-14-7-4-12-8-9-16(17)15(12)10-14/h2-7,10,17H,8-9H2,1H3. The quantitative estimate of drug-likeness (QED) is 0.831. The molecule has 0 radical (unpaired) electrons. The van der Waals surface area contributed by atoms with Crippen molar-refractivity contribution in [2.75, 3.05) is 0 Å². The Labute approximate surface area is 112 Å². The molecule has 0 aromatic heterocycles. The van der Waals surface area contributed by atoms with Crippen LogP contribution in [0.3, 0.4) is 0 Å². The zero-order valence-corrected chi connectivity index (χ0v) is 11.2. The number of hydrogen-bond acceptors (Lipinski definition) is 2. The van der Waals surface area contributed by atoms with Crippen molar-refractivity contribution >= 4 is 24.1 Å². The van der Waals surface area contributed by atoms with Crippen LogP contribution in [0.5, 0.6) is 0 Å². The highest BCUT2D eigenvalue weighted by Gasteiger charge is 2.24. The van der Waals surface area contributed by atoms with Gasteiger partial charge < -0.3 is 5.02 Å². The van der Waals surface area contributed by atoms with Crippen LogP contribution in [0.2, 0.25) is 6.32 Å². The van der Waals surface area contributed by atoms with Crippen LogP contribution in [-0.4, -0.2) is 11.9 Å². The summed E-state index contributed by atoms with van der Waals surface area (Å²) in [7, 11) is 0. The van der Waals surface area contributed by atoms with E-state index in [4.69, 9.17) is 0 Å². The maximum absolute atomic E-state index is 9.90. The van der Waals surface area contributed by atoms with Gasteiger partial charge in [0.05, 0.1) is 0 Å². The number of fused-ring (bicyclic) bond motifs is 1. The second-order valence-corrected chi connectivity index (χ2v) is 5.98. The predicted octanol–water partition coefficient (Wildman–Crippen LogP) is 2.89. The van der Waals surface area contributed by atoms with Gasteiger partial charge in [-0.15, -0.1) is 0 Å². The Morgan fingerprint density at radius 1 is 1.06 bits per heavy atom. The lowest BCUT2D eigenvalue weighted by Crippen LogP contribution is -2.25. The second-order valence-electron chi connectivity index (χ2n) is 4.83. The average Bonchev–Trinajstić information content (AvgIpc) is 2.74. The molecule has 0 atom stereocenters. The molecule has 1 N–H and O–H groups in total. The monoisotopic (exact) mass is 254 g/mol. The van der Waals surface area contributed by atoms with Gasteiger partial charge in [0.2, 0.25) is 0 Å². The van der Waals surface area contributed by atoms with Crippen molar-refractivity contribution < 1.29 is 5.02 Å². The van der Waals surface area contributed by atoms with Crippen molar-refractivity contribution in [3.8, 4) is 0 Å². The Morgan fingerprint density at radius 2 is 1.78 bits per heavy atom. The molecular formula is C15H15BOS. The lowest BCUT2D eigenvalue weighted by molar-refractivity contribution is 0.587. The molecule has 0 saturated carbocycles. The van der Waals surface area contributed by atoms with Crippen LogP contribution in [0.1, 0.15) is 11.1 Å². The summed E-state index contributed by atoms with van der Waals surface area (Å²) in [4.78, 5) is 2.45. The summed E-state index contributed by atoms with van der Waals surface area (Å²) in [5.74, 6) is 0. The Balaban J connectivity index is 1.85. The number of benzene rings is 2. The van der Waals surface area contributed by atoms with E-state index in [-0.39, 0.29) is 6.92 Å². The van der Waals surface area contributed by atoms with Gasteiger partial charge in [-0.05, 0) is 43.3 Å². The highest BCUT2D eigenvalue weighted by atomic mass is 32.2. The fraction of sp³-hybridized carbons (Fsp3) is 0.200. The van der Waals surface area contributed by atoms with Gasteiger partial charge in [-0.2, -0.15) is 0 Å². The van der Waals surface area contributed by atoms with E-state index in [2.05, 4.69) is 49.4 Å². The molecule has 0 saturated heterocycles. The fourth-order valence-electron chi connectivity index (χ4n) is 2.36. The van der Waals surface area contributed by atoms with Gasteiger partial charge in [-0.1, -0.05) is 47.2 Å². The average molecular weight is 254 g/mol. The molecule has 0 amide bonds. The van der Waals surface area contributed by atoms with E-state index in [0.29, 0.717) is 0 Å². The molecule has 90 valence electrons. The molecule has 1 aliphatic heterocycles. The number of hydrogen-bond donors (Lipinski definition) is 1. The van der Waals surface area contributed by atoms with Gasteiger partial charge >= 0.3 is 6.92 Å². The third kappa shape index (κ3) is 2.33. The summed E-state index contributed by atoms with van der Waals surface area (Å²) in [5.41, 5.74) is 3.70. The molecule has 0 spiro atoms. The highest BCUT2D eigenvalue weighted by Crippen LogP contribution is 2.28. The molecule has 0 aliphatic carbocycles. The first-order valence-electron chi connectivity index (χ1n) is 6.28. The molecule has 1 aliphatic rings. The van der Waals surface area contributed by atoms with E-state index >= 15 is 0 Å². The Bertz CT molecular complexity index is 565. The molecular weight excluding hydrogens is 239 g/mol. The molecule has 3 heteroatoms. The lowest BCUT2D eigenvalue weighted by atomic mass is 9.63. The van der Waals surface area contributed by atoms with Gasteiger partial charge in [0.1, 0.15) is 0 Å². The van der Waals surface area contributed by atoms with E-state index in [9.17, 15) is 5.02 Å². The highest BCUT2D eigenvalue weighted by molar-refractivity contribution is 7.99. The van der Waals surface area contributed by atoms with E-state index in [1.54, 1.807) is 11.8 Å². The van der Waals surface area contributed by atoms with Gasteiger partial charge in [0.15, 0.2) is 0 Å². The molecule has 1 nitrogen and oxygen atoms in total. The van der Waals surface area contributed by atoms with E-state index in [1.165, 1.54) is 20.9 Å². The summed E-state index contributed by atoms with van der Waals surface area (Å²) in [6, 6.07) is 15.0. The van der Waals surface area contributed by atoms with Crippen molar-refractivity contribution in [3.63, 3.8) is 0 Å². The first kappa shape index (κ1) is 11.9. The van der Waals surface area contributed by atoms with Crippen molar-refractivity contribution in [1.29, 1.82) is 0 Å². The second kappa shape index (κ2) is 4.83. The molecule has 0 fully saturated rings. The van der Waals surface area contributed by atoms with Gasteiger partial charge in [0.25, 0.3) is 0 Å². The maximum atomic E-state index is 9.90. The molecule has 2 aromatic carbocycles. The zero-order chi connectivity index (χ0) is 12.5. The van der Waals surface area contributed by atoms with Crippen LogP contribution >= 0.6 is 11.8 Å². The van der Waals surface area contributed by atoms with Gasteiger partial charge in [-0.3, -0.25) is 0 Å². The summed E-state index contributed by atoms with van der Waals surface area (Å²) in [6.07, 6.45) is 1.87. The van der Waals surface area contributed by atoms with Crippen molar-refractivity contribution in [2.24, 2.45) is 0 Å². The smallest absolute Gasteiger partial charge is 0.324 e. The van der Waals surface area contributed by atoms with Crippen LogP contribution < -0.4 is 5.46 Å². The van der Waals surface area contributed by atoms with E-state index in [1.807, 2.05) is 0 Å². The molecule has 0 unspecified atom stereocenters. The first-order valence-corrected chi connectivity index (χ1v) is 7.09.